The first-order chi connectivity index (χ1) is 18.9. The lowest BCUT2D eigenvalue weighted by Crippen LogP contribution is -2.40. The standard InChI is InChI=1S/C29H36N4O6/c1-20(2)39-25-11-7-22(8-12-25)29(35)32-23(18-28(34)33-36)17-21-5-9-24(10-6-21)38-16-4-14-30-27-19-26(37-3)13-15-31-27/h5-13,15,19-20,23,36H,4,14,16-18H2,1-3H3,(H,30,31)(H,32,35)(H,33,34)/t23-/m0/s1. The zero-order chi connectivity index (χ0) is 28.0. The van der Waals surface area contributed by atoms with Crippen molar-refractivity contribution < 1.29 is 29.0 Å². The number of aromatic nitrogens is 1. The monoisotopic (exact) mass is 536 g/mol. The molecule has 0 aliphatic carbocycles. The number of anilines is 1. The number of hydrogen-bond donors (Lipinski definition) is 4. The second-order valence-electron chi connectivity index (χ2n) is 9.16. The first kappa shape index (κ1) is 29.2. The zero-order valence-corrected chi connectivity index (χ0v) is 22.5. The number of ether oxygens (including phenoxy) is 3. The molecule has 0 fully saturated rings. The van der Waals surface area contributed by atoms with Crippen LogP contribution >= 0.6 is 0 Å². The quantitative estimate of drug-likeness (QED) is 0.130. The van der Waals surface area contributed by atoms with E-state index in [4.69, 9.17) is 19.4 Å². The van der Waals surface area contributed by atoms with Crippen LogP contribution in [0.25, 0.3) is 0 Å². The van der Waals surface area contributed by atoms with E-state index in [0.29, 0.717) is 30.9 Å². The molecule has 1 aromatic heterocycles. The molecule has 0 bridgehead atoms. The Morgan fingerprint density at radius 1 is 0.974 bits per heavy atom. The van der Waals surface area contributed by atoms with Crippen molar-refractivity contribution in [1.82, 2.24) is 15.8 Å². The molecule has 208 valence electrons. The fourth-order valence-corrected chi connectivity index (χ4v) is 3.79. The van der Waals surface area contributed by atoms with Gasteiger partial charge in [0.15, 0.2) is 0 Å². The van der Waals surface area contributed by atoms with Gasteiger partial charge in [0.25, 0.3) is 5.91 Å². The van der Waals surface area contributed by atoms with Gasteiger partial charge in [-0.2, -0.15) is 0 Å². The Labute approximate surface area is 228 Å². The van der Waals surface area contributed by atoms with Crippen molar-refractivity contribution >= 4 is 17.6 Å². The van der Waals surface area contributed by atoms with Gasteiger partial charge in [0, 0.05) is 36.8 Å². The molecule has 39 heavy (non-hydrogen) atoms. The Hall–Kier alpha value is -4.31. The first-order valence-corrected chi connectivity index (χ1v) is 12.8. The van der Waals surface area contributed by atoms with Gasteiger partial charge in [0.1, 0.15) is 23.1 Å². The molecule has 3 rings (SSSR count). The summed E-state index contributed by atoms with van der Waals surface area (Å²) < 4.78 is 16.6. The predicted octanol–water partition coefficient (Wildman–Crippen LogP) is 4.00. The number of hydrogen-bond acceptors (Lipinski definition) is 8. The number of carbonyl (C=O) groups is 2. The maximum absolute atomic E-state index is 12.8. The van der Waals surface area contributed by atoms with Crippen LogP contribution in [0.1, 0.15) is 42.6 Å². The van der Waals surface area contributed by atoms with E-state index in [1.165, 1.54) is 0 Å². The van der Waals surface area contributed by atoms with Crippen LogP contribution in [-0.4, -0.2) is 54.4 Å². The van der Waals surface area contributed by atoms with Gasteiger partial charge in [-0.25, -0.2) is 10.5 Å². The molecule has 0 aliphatic rings. The highest BCUT2D eigenvalue weighted by molar-refractivity contribution is 5.94. The Bertz CT molecular complexity index is 1190. The molecule has 1 atom stereocenters. The highest BCUT2D eigenvalue weighted by Gasteiger charge is 2.18. The Kier molecular flexibility index (Phi) is 11.4. The molecule has 4 N–H and O–H groups in total. The highest BCUT2D eigenvalue weighted by Crippen LogP contribution is 2.17. The molecule has 2 aromatic carbocycles. The number of hydroxylamine groups is 1. The summed E-state index contributed by atoms with van der Waals surface area (Å²) in [7, 11) is 1.62. The molecule has 0 radical (unpaired) electrons. The van der Waals surface area contributed by atoms with Crippen LogP contribution in [0.5, 0.6) is 17.2 Å². The lowest BCUT2D eigenvalue weighted by Gasteiger charge is -2.19. The maximum Gasteiger partial charge on any atom is 0.251 e. The summed E-state index contributed by atoms with van der Waals surface area (Å²) >= 11 is 0. The third-order valence-corrected chi connectivity index (χ3v) is 5.65. The van der Waals surface area contributed by atoms with Crippen LogP contribution in [0.2, 0.25) is 0 Å². The van der Waals surface area contributed by atoms with Crippen molar-refractivity contribution in [2.75, 3.05) is 25.6 Å². The van der Waals surface area contributed by atoms with Crippen LogP contribution in [-0.2, 0) is 11.2 Å². The summed E-state index contributed by atoms with van der Waals surface area (Å²) in [4.78, 5) is 28.9. The molecule has 10 nitrogen and oxygen atoms in total. The normalized spacial score (nSPS) is 11.4. The van der Waals surface area contributed by atoms with Gasteiger partial charge in [-0.05, 0) is 74.7 Å². The van der Waals surface area contributed by atoms with Crippen molar-refractivity contribution in [3.05, 3.63) is 78.0 Å². The molecule has 2 amide bonds. The average Bonchev–Trinajstić information content (AvgIpc) is 2.93. The topological polar surface area (TPSA) is 131 Å². The smallest absolute Gasteiger partial charge is 0.251 e. The van der Waals surface area contributed by atoms with Crippen LogP contribution in [0.4, 0.5) is 5.82 Å². The van der Waals surface area contributed by atoms with E-state index in [9.17, 15) is 9.59 Å². The summed E-state index contributed by atoms with van der Waals surface area (Å²) in [5, 5.41) is 15.1. The van der Waals surface area contributed by atoms with Gasteiger partial charge >= 0.3 is 0 Å². The van der Waals surface area contributed by atoms with Crippen LogP contribution in [0.3, 0.4) is 0 Å². The van der Waals surface area contributed by atoms with Gasteiger partial charge < -0.3 is 24.8 Å². The Morgan fingerprint density at radius 3 is 2.36 bits per heavy atom. The third-order valence-electron chi connectivity index (χ3n) is 5.65. The molecule has 0 spiro atoms. The zero-order valence-electron chi connectivity index (χ0n) is 22.5. The Balaban J connectivity index is 1.49. The fourth-order valence-electron chi connectivity index (χ4n) is 3.79. The minimum absolute atomic E-state index is 0.0297. The van der Waals surface area contributed by atoms with Gasteiger partial charge in [0.2, 0.25) is 5.91 Å². The Morgan fingerprint density at radius 2 is 1.69 bits per heavy atom. The SMILES string of the molecule is COc1ccnc(NCCCOc2ccc(C[C@@H](CC(=O)NO)NC(=O)c3ccc(OC(C)C)cc3)cc2)c1. The van der Waals surface area contributed by atoms with E-state index in [2.05, 4.69) is 15.6 Å². The number of pyridine rings is 1. The number of amides is 2. The third kappa shape index (κ3) is 10.2. The lowest BCUT2D eigenvalue weighted by atomic mass is 10.0. The summed E-state index contributed by atoms with van der Waals surface area (Å²) in [6.07, 6.45) is 2.80. The minimum Gasteiger partial charge on any atom is -0.497 e. The van der Waals surface area contributed by atoms with Gasteiger partial charge in [-0.1, -0.05) is 12.1 Å². The van der Waals surface area contributed by atoms with E-state index in [1.54, 1.807) is 49.1 Å². The van der Waals surface area contributed by atoms with Crippen LogP contribution in [0.15, 0.2) is 66.9 Å². The number of methoxy groups -OCH3 is 1. The molecule has 0 unspecified atom stereocenters. The van der Waals surface area contributed by atoms with Crippen molar-refractivity contribution in [3.8, 4) is 17.2 Å². The summed E-state index contributed by atoms with van der Waals surface area (Å²) in [6, 6.07) is 17.4. The van der Waals surface area contributed by atoms with Crippen LogP contribution < -0.4 is 30.3 Å². The summed E-state index contributed by atoms with van der Waals surface area (Å²) in [6.45, 7) is 5.07. The van der Waals surface area contributed by atoms with Crippen LogP contribution in [0, 0.1) is 0 Å². The largest absolute Gasteiger partial charge is 0.497 e. The second-order valence-corrected chi connectivity index (χ2v) is 9.16. The number of nitrogens with one attached hydrogen (secondary N) is 3. The molecule has 0 saturated heterocycles. The number of nitrogens with zero attached hydrogens (tertiary/aromatic N) is 1. The van der Waals surface area contributed by atoms with Crippen molar-refractivity contribution in [3.63, 3.8) is 0 Å². The minimum atomic E-state index is -0.585. The maximum atomic E-state index is 12.8. The van der Waals surface area contributed by atoms with E-state index < -0.39 is 11.9 Å². The molecular weight excluding hydrogens is 500 g/mol. The van der Waals surface area contributed by atoms with Gasteiger partial charge in [0.05, 0.1) is 19.8 Å². The second kappa shape index (κ2) is 15.2. The summed E-state index contributed by atoms with van der Waals surface area (Å²) in [5.41, 5.74) is 2.99. The van der Waals surface area contributed by atoms with Crippen molar-refractivity contribution in [2.45, 2.75) is 45.3 Å². The average molecular weight is 537 g/mol. The first-order valence-electron chi connectivity index (χ1n) is 12.8. The molecule has 3 aromatic rings. The summed E-state index contributed by atoms with van der Waals surface area (Å²) in [5.74, 6) is 1.97. The van der Waals surface area contributed by atoms with Crippen molar-refractivity contribution in [1.29, 1.82) is 0 Å². The van der Waals surface area contributed by atoms with E-state index in [-0.39, 0.29) is 18.4 Å². The fraction of sp³-hybridized carbons (Fsp3) is 0.345. The highest BCUT2D eigenvalue weighted by atomic mass is 16.5. The predicted molar refractivity (Wildman–Crippen MR) is 148 cm³/mol. The number of benzene rings is 2. The number of carbonyl (C=O) groups excluding carboxylic acids is 2. The molecule has 0 aliphatic heterocycles. The van der Waals surface area contributed by atoms with E-state index >= 15 is 0 Å². The van der Waals surface area contributed by atoms with E-state index in [0.717, 1.165) is 29.3 Å². The van der Waals surface area contributed by atoms with Gasteiger partial charge in [-0.3, -0.25) is 14.8 Å². The lowest BCUT2D eigenvalue weighted by molar-refractivity contribution is -0.129. The van der Waals surface area contributed by atoms with Gasteiger partial charge in [-0.15, -0.1) is 0 Å². The van der Waals surface area contributed by atoms with Crippen molar-refractivity contribution in [2.24, 2.45) is 0 Å². The molecular formula is C29H36N4O6. The number of rotatable bonds is 15. The molecule has 0 saturated carbocycles. The molecule has 1 heterocycles. The van der Waals surface area contributed by atoms with E-state index in [1.807, 2.05) is 44.2 Å². The molecule has 10 heteroatoms.